The van der Waals surface area contributed by atoms with Crippen molar-refractivity contribution in [2.24, 2.45) is 0 Å². The van der Waals surface area contributed by atoms with E-state index >= 15 is 0 Å². The van der Waals surface area contributed by atoms with E-state index in [1.165, 1.54) is 21.9 Å². The Balaban J connectivity index is 2.48. The normalized spacial score (nSPS) is 10.6. The van der Waals surface area contributed by atoms with Crippen molar-refractivity contribution in [3.05, 3.63) is 59.0 Å². The van der Waals surface area contributed by atoms with Crippen LogP contribution in [0.5, 0.6) is 0 Å². The largest absolute Gasteiger partial charge is 0.148 e. The van der Waals surface area contributed by atoms with E-state index in [9.17, 15) is 0 Å². The highest BCUT2D eigenvalue weighted by Gasteiger charge is 2.03. The summed E-state index contributed by atoms with van der Waals surface area (Å²) < 4.78 is 0. The molecule has 0 fully saturated rings. The Labute approximate surface area is 102 Å². The van der Waals surface area contributed by atoms with Crippen molar-refractivity contribution in [3.63, 3.8) is 0 Å². The third kappa shape index (κ3) is 2.30. The number of benzene rings is 2. The Hall–Kier alpha value is -1.21. The fraction of sp³-hybridized carbons (Fsp3) is 0.200. The van der Waals surface area contributed by atoms with Crippen LogP contribution in [0.2, 0.25) is 0 Å². The molecule has 0 radical (unpaired) electrons. The van der Waals surface area contributed by atoms with E-state index in [0.29, 0.717) is 0 Å². The van der Waals surface area contributed by atoms with Crippen molar-refractivity contribution in [1.29, 1.82) is 0 Å². The van der Waals surface area contributed by atoms with Crippen molar-refractivity contribution in [1.82, 2.24) is 0 Å². The van der Waals surface area contributed by atoms with Gasteiger partial charge in [0.05, 0.1) is 0 Å². The number of thiol groups is 1. The first-order valence-corrected chi connectivity index (χ1v) is 5.97. The molecule has 1 heteroatoms. The standard InChI is InChI=1S/C15H16S/c1-11-5-3-6-13-7-4-8-14(15(11)13)10-9-12(2)16/h3-8,16H,2,9-10H2,1H3. The molecule has 82 valence electrons. The van der Waals surface area contributed by atoms with E-state index in [-0.39, 0.29) is 0 Å². The summed E-state index contributed by atoms with van der Waals surface area (Å²) in [5, 5.41) is 2.71. The van der Waals surface area contributed by atoms with Crippen LogP contribution in [0, 0.1) is 6.92 Å². The fourth-order valence-electron chi connectivity index (χ4n) is 2.11. The zero-order chi connectivity index (χ0) is 11.5. The first-order chi connectivity index (χ1) is 7.68. The van der Waals surface area contributed by atoms with Gasteiger partial charge in [0.25, 0.3) is 0 Å². The molecular formula is C15H16S. The van der Waals surface area contributed by atoms with E-state index in [0.717, 1.165) is 17.7 Å². The monoisotopic (exact) mass is 228 g/mol. The van der Waals surface area contributed by atoms with Crippen LogP contribution in [0.3, 0.4) is 0 Å². The van der Waals surface area contributed by atoms with Gasteiger partial charge in [-0.1, -0.05) is 43.0 Å². The minimum Gasteiger partial charge on any atom is -0.148 e. The predicted octanol–water partition coefficient (Wildman–Crippen LogP) is 4.52. The van der Waals surface area contributed by atoms with E-state index in [4.69, 9.17) is 0 Å². The summed E-state index contributed by atoms with van der Waals surface area (Å²) >= 11 is 4.25. The Kier molecular flexibility index (Phi) is 3.35. The molecule has 0 heterocycles. The van der Waals surface area contributed by atoms with Gasteiger partial charge >= 0.3 is 0 Å². The first kappa shape index (κ1) is 11.3. The number of fused-ring (bicyclic) bond motifs is 1. The molecule has 0 spiro atoms. The van der Waals surface area contributed by atoms with Crippen LogP contribution < -0.4 is 0 Å². The smallest absolute Gasteiger partial charge is 0.0123 e. The highest BCUT2D eigenvalue weighted by Crippen LogP contribution is 2.24. The zero-order valence-corrected chi connectivity index (χ0v) is 10.4. The van der Waals surface area contributed by atoms with Crippen LogP contribution in [-0.2, 0) is 6.42 Å². The second kappa shape index (κ2) is 4.75. The van der Waals surface area contributed by atoms with E-state index in [2.05, 4.69) is 62.5 Å². The van der Waals surface area contributed by atoms with Crippen LogP contribution in [0.15, 0.2) is 47.9 Å². The molecule has 0 aliphatic heterocycles. The quantitative estimate of drug-likeness (QED) is 0.733. The number of allylic oxidation sites excluding steroid dienone is 1. The molecular weight excluding hydrogens is 212 g/mol. The Morgan fingerprint density at radius 2 is 1.88 bits per heavy atom. The lowest BCUT2D eigenvalue weighted by molar-refractivity contribution is 1.00. The molecule has 2 aromatic rings. The molecule has 16 heavy (non-hydrogen) atoms. The maximum atomic E-state index is 4.25. The summed E-state index contributed by atoms with van der Waals surface area (Å²) in [5.41, 5.74) is 2.74. The number of hydrogen-bond acceptors (Lipinski definition) is 1. The summed E-state index contributed by atoms with van der Waals surface area (Å²) in [7, 11) is 0. The Morgan fingerprint density at radius 3 is 2.56 bits per heavy atom. The van der Waals surface area contributed by atoms with Gasteiger partial charge in [-0.3, -0.25) is 0 Å². The van der Waals surface area contributed by atoms with Crippen molar-refractivity contribution in [2.75, 3.05) is 0 Å². The summed E-state index contributed by atoms with van der Waals surface area (Å²) in [5.74, 6) is 0. The molecule has 0 N–H and O–H groups in total. The second-order valence-electron chi connectivity index (χ2n) is 4.16. The van der Waals surface area contributed by atoms with Gasteiger partial charge in [0.2, 0.25) is 0 Å². The van der Waals surface area contributed by atoms with Gasteiger partial charge in [0, 0.05) is 0 Å². The molecule has 0 aliphatic rings. The lowest BCUT2D eigenvalue weighted by Gasteiger charge is -2.08. The van der Waals surface area contributed by atoms with Gasteiger partial charge in [-0.15, -0.1) is 12.6 Å². The topological polar surface area (TPSA) is 0 Å². The molecule has 0 saturated heterocycles. The summed E-state index contributed by atoms with van der Waals surface area (Å²) in [6.45, 7) is 6.00. The second-order valence-corrected chi connectivity index (χ2v) is 4.79. The molecule has 0 saturated carbocycles. The molecule has 0 aromatic heterocycles. The predicted molar refractivity (Wildman–Crippen MR) is 75.1 cm³/mol. The minimum absolute atomic E-state index is 0.941. The highest BCUT2D eigenvalue weighted by atomic mass is 32.1. The average molecular weight is 228 g/mol. The molecule has 2 rings (SSSR count). The van der Waals surface area contributed by atoms with Gasteiger partial charge in [-0.25, -0.2) is 0 Å². The van der Waals surface area contributed by atoms with Gasteiger partial charge in [0.1, 0.15) is 0 Å². The minimum atomic E-state index is 0.941. The fourth-order valence-corrected chi connectivity index (χ4v) is 2.22. The van der Waals surface area contributed by atoms with Crippen LogP contribution in [-0.4, -0.2) is 0 Å². The van der Waals surface area contributed by atoms with Crippen molar-refractivity contribution in [2.45, 2.75) is 19.8 Å². The molecule has 0 aliphatic carbocycles. The Morgan fingerprint density at radius 1 is 1.19 bits per heavy atom. The summed E-state index contributed by atoms with van der Waals surface area (Å²) in [6, 6.07) is 12.9. The van der Waals surface area contributed by atoms with Gasteiger partial charge in [-0.2, -0.15) is 0 Å². The highest BCUT2D eigenvalue weighted by molar-refractivity contribution is 7.84. The van der Waals surface area contributed by atoms with Gasteiger partial charge in [-0.05, 0) is 46.6 Å². The van der Waals surface area contributed by atoms with Crippen molar-refractivity contribution >= 4 is 23.4 Å². The molecule has 0 unspecified atom stereocenters. The third-order valence-corrected chi connectivity index (χ3v) is 3.11. The van der Waals surface area contributed by atoms with Crippen LogP contribution in [0.1, 0.15) is 17.5 Å². The van der Waals surface area contributed by atoms with E-state index < -0.39 is 0 Å². The van der Waals surface area contributed by atoms with Crippen molar-refractivity contribution < 1.29 is 0 Å². The van der Waals surface area contributed by atoms with E-state index in [1.807, 2.05) is 0 Å². The number of hydrogen-bond donors (Lipinski definition) is 1. The molecule has 0 nitrogen and oxygen atoms in total. The van der Waals surface area contributed by atoms with Crippen LogP contribution in [0.4, 0.5) is 0 Å². The zero-order valence-electron chi connectivity index (χ0n) is 9.53. The maximum Gasteiger partial charge on any atom is -0.0123 e. The van der Waals surface area contributed by atoms with Crippen LogP contribution in [0.25, 0.3) is 10.8 Å². The average Bonchev–Trinajstić information content (AvgIpc) is 2.26. The summed E-state index contributed by atoms with van der Waals surface area (Å²) in [4.78, 5) is 0.950. The van der Waals surface area contributed by atoms with E-state index in [1.54, 1.807) is 0 Å². The van der Waals surface area contributed by atoms with Gasteiger partial charge in [0.15, 0.2) is 0 Å². The first-order valence-electron chi connectivity index (χ1n) is 5.52. The third-order valence-electron chi connectivity index (χ3n) is 2.88. The van der Waals surface area contributed by atoms with Crippen LogP contribution >= 0.6 is 12.6 Å². The lowest BCUT2D eigenvalue weighted by atomic mass is 9.97. The molecule has 0 bridgehead atoms. The number of rotatable bonds is 3. The summed E-state index contributed by atoms with van der Waals surface area (Å²) in [6.07, 6.45) is 1.96. The lowest BCUT2D eigenvalue weighted by Crippen LogP contribution is -1.89. The molecule has 0 atom stereocenters. The van der Waals surface area contributed by atoms with Gasteiger partial charge < -0.3 is 0 Å². The molecule has 0 amide bonds. The SMILES string of the molecule is C=C(S)CCc1cccc2cccc(C)c12. The van der Waals surface area contributed by atoms with Crippen molar-refractivity contribution in [3.8, 4) is 0 Å². The number of aryl methyl sites for hydroxylation is 2. The molecule has 2 aromatic carbocycles. The maximum absolute atomic E-state index is 4.25. The Bertz CT molecular complexity index is 521.